The van der Waals surface area contributed by atoms with Crippen LogP contribution in [0.3, 0.4) is 0 Å². The molecule has 3 rings (SSSR count). The molecule has 2 aromatic carbocycles. The molecule has 0 amide bonds. The Labute approximate surface area is 142 Å². The van der Waals surface area contributed by atoms with Gasteiger partial charge < -0.3 is 14.2 Å². The van der Waals surface area contributed by atoms with Crippen LogP contribution in [0.5, 0.6) is 11.5 Å². The SMILES string of the molecule is CC(C)(C(=O)OCCc1ccccc1)c1ccc2c(c1)OCCO2. The van der Waals surface area contributed by atoms with Crippen LogP contribution in [0, 0.1) is 0 Å². The summed E-state index contributed by atoms with van der Waals surface area (Å²) in [5.41, 5.74) is 1.27. The highest BCUT2D eigenvalue weighted by molar-refractivity contribution is 5.82. The second kappa shape index (κ2) is 6.95. The highest BCUT2D eigenvalue weighted by atomic mass is 16.6. The van der Waals surface area contributed by atoms with Gasteiger partial charge >= 0.3 is 5.97 Å². The molecule has 1 aliphatic heterocycles. The normalized spacial score (nSPS) is 13.4. The van der Waals surface area contributed by atoms with Crippen LogP contribution in [0.15, 0.2) is 48.5 Å². The van der Waals surface area contributed by atoms with Crippen molar-refractivity contribution in [1.29, 1.82) is 0 Å². The summed E-state index contributed by atoms with van der Waals surface area (Å²) in [6, 6.07) is 15.6. The Morgan fingerprint density at radius 1 is 1.04 bits per heavy atom. The Kier molecular flexibility index (Phi) is 4.74. The Morgan fingerprint density at radius 3 is 2.50 bits per heavy atom. The number of hydrogen-bond donors (Lipinski definition) is 0. The Hall–Kier alpha value is -2.49. The monoisotopic (exact) mass is 326 g/mol. The van der Waals surface area contributed by atoms with Crippen molar-refractivity contribution in [3.63, 3.8) is 0 Å². The van der Waals surface area contributed by atoms with Crippen molar-refractivity contribution in [3.05, 3.63) is 59.7 Å². The average Bonchev–Trinajstić information content (AvgIpc) is 2.62. The lowest BCUT2D eigenvalue weighted by Crippen LogP contribution is -2.32. The zero-order chi connectivity index (χ0) is 17.0. The van der Waals surface area contributed by atoms with E-state index in [-0.39, 0.29) is 5.97 Å². The van der Waals surface area contributed by atoms with E-state index >= 15 is 0 Å². The summed E-state index contributed by atoms with van der Waals surface area (Å²) in [7, 11) is 0. The lowest BCUT2D eigenvalue weighted by molar-refractivity contribution is -0.149. The highest BCUT2D eigenvalue weighted by Gasteiger charge is 2.32. The first-order chi connectivity index (χ1) is 11.6. The van der Waals surface area contributed by atoms with Crippen molar-refractivity contribution in [2.45, 2.75) is 25.7 Å². The summed E-state index contributed by atoms with van der Waals surface area (Å²) in [6.07, 6.45) is 0.712. The van der Waals surface area contributed by atoms with Gasteiger partial charge in [-0.25, -0.2) is 0 Å². The van der Waals surface area contributed by atoms with Gasteiger partial charge in [0.15, 0.2) is 11.5 Å². The van der Waals surface area contributed by atoms with Crippen LogP contribution in [-0.2, 0) is 21.4 Å². The first kappa shape index (κ1) is 16.4. The maximum atomic E-state index is 12.5. The fraction of sp³-hybridized carbons (Fsp3) is 0.350. The van der Waals surface area contributed by atoms with Crippen molar-refractivity contribution in [2.24, 2.45) is 0 Å². The molecule has 24 heavy (non-hydrogen) atoms. The molecule has 0 saturated heterocycles. The fourth-order valence-corrected chi connectivity index (χ4v) is 2.64. The third-order valence-corrected chi connectivity index (χ3v) is 4.24. The molecule has 0 aliphatic carbocycles. The Morgan fingerprint density at radius 2 is 1.75 bits per heavy atom. The molecule has 0 fully saturated rings. The van der Waals surface area contributed by atoms with E-state index in [1.54, 1.807) is 0 Å². The van der Waals surface area contributed by atoms with Crippen LogP contribution in [0.2, 0.25) is 0 Å². The first-order valence-corrected chi connectivity index (χ1v) is 8.18. The van der Waals surface area contributed by atoms with Gasteiger partial charge in [0.25, 0.3) is 0 Å². The minimum Gasteiger partial charge on any atom is -0.486 e. The number of esters is 1. The third-order valence-electron chi connectivity index (χ3n) is 4.24. The summed E-state index contributed by atoms with van der Waals surface area (Å²) < 4.78 is 16.6. The zero-order valence-corrected chi connectivity index (χ0v) is 14.1. The number of carbonyl (C=O) groups is 1. The molecule has 0 spiro atoms. The van der Waals surface area contributed by atoms with Gasteiger partial charge in [-0.2, -0.15) is 0 Å². The molecule has 0 N–H and O–H groups in total. The van der Waals surface area contributed by atoms with Crippen molar-refractivity contribution < 1.29 is 19.0 Å². The van der Waals surface area contributed by atoms with E-state index in [1.165, 1.54) is 0 Å². The minimum absolute atomic E-state index is 0.241. The summed E-state index contributed by atoms with van der Waals surface area (Å²) >= 11 is 0. The van der Waals surface area contributed by atoms with Crippen molar-refractivity contribution in [2.75, 3.05) is 19.8 Å². The van der Waals surface area contributed by atoms with E-state index < -0.39 is 5.41 Å². The summed E-state index contributed by atoms with van der Waals surface area (Å²) in [5, 5.41) is 0. The molecular formula is C20H22O4. The Bertz CT molecular complexity index is 707. The number of fused-ring (bicyclic) bond motifs is 1. The quantitative estimate of drug-likeness (QED) is 0.789. The first-order valence-electron chi connectivity index (χ1n) is 8.18. The van der Waals surface area contributed by atoms with Gasteiger partial charge in [0, 0.05) is 6.42 Å². The van der Waals surface area contributed by atoms with E-state index in [2.05, 4.69) is 0 Å². The van der Waals surface area contributed by atoms with Crippen molar-refractivity contribution >= 4 is 5.97 Å². The van der Waals surface area contributed by atoms with Gasteiger partial charge in [0.1, 0.15) is 13.2 Å². The predicted octanol–water partition coefficient (Wildman–Crippen LogP) is 3.52. The highest BCUT2D eigenvalue weighted by Crippen LogP contribution is 2.35. The molecule has 0 atom stereocenters. The molecule has 1 heterocycles. The van der Waals surface area contributed by atoms with Gasteiger partial charge in [0.2, 0.25) is 0 Å². The molecule has 0 saturated carbocycles. The molecule has 0 aromatic heterocycles. The van der Waals surface area contributed by atoms with E-state index in [9.17, 15) is 4.79 Å². The number of hydrogen-bond acceptors (Lipinski definition) is 4. The second-order valence-corrected chi connectivity index (χ2v) is 6.35. The number of carbonyl (C=O) groups excluding carboxylic acids is 1. The van der Waals surface area contributed by atoms with Crippen LogP contribution in [0.25, 0.3) is 0 Å². The minimum atomic E-state index is -0.744. The fourth-order valence-electron chi connectivity index (χ4n) is 2.64. The van der Waals surface area contributed by atoms with Crippen LogP contribution >= 0.6 is 0 Å². The maximum Gasteiger partial charge on any atom is 0.315 e. The van der Waals surface area contributed by atoms with Crippen LogP contribution in [0.4, 0.5) is 0 Å². The standard InChI is InChI=1S/C20H22O4/c1-20(2,16-8-9-17-18(14-16)23-13-12-22-17)19(21)24-11-10-15-6-4-3-5-7-15/h3-9,14H,10-13H2,1-2H3. The Balaban J connectivity index is 1.64. The van der Waals surface area contributed by atoms with Gasteiger partial charge in [-0.3, -0.25) is 4.79 Å². The lowest BCUT2D eigenvalue weighted by atomic mass is 9.84. The maximum absolute atomic E-state index is 12.5. The molecule has 4 nitrogen and oxygen atoms in total. The molecule has 4 heteroatoms. The molecule has 2 aromatic rings. The average molecular weight is 326 g/mol. The van der Waals surface area contributed by atoms with Gasteiger partial charge in [-0.15, -0.1) is 0 Å². The van der Waals surface area contributed by atoms with Gasteiger partial charge in [-0.05, 0) is 37.1 Å². The summed E-state index contributed by atoms with van der Waals surface area (Å²) in [6.45, 7) is 5.18. The molecule has 0 bridgehead atoms. The topological polar surface area (TPSA) is 44.8 Å². The molecular weight excluding hydrogens is 304 g/mol. The smallest absolute Gasteiger partial charge is 0.315 e. The van der Waals surface area contributed by atoms with E-state index in [0.717, 1.165) is 16.9 Å². The van der Waals surface area contributed by atoms with Crippen LogP contribution < -0.4 is 9.47 Å². The van der Waals surface area contributed by atoms with Gasteiger partial charge in [0.05, 0.1) is 12.0 Å². The van der Waals surface area contributed by atoms with E-state index in [1.807, 2.05) is 62.4 Å². The molecule has 0 radical (unpaired) electrons. The molecule has 126 valence electrons. The number of benzene rings is 2. The van der Waals surface area contributed by atoms with Gasteiger partial charge in [-0.1, -0.05) is 36.4 Å². The number of rotatable bonds is 5. The zero-order valence-electron chi connectivity index (χ0n) is 14.1. The van der Waals surface area contributed by atoms with E-state index in [0.29, 0.717) is 32.0 Å². The lowest BCUT2D eigenvalue weighted by Gasteiger charge is -2.25. The van der Waals surface area contributed by atoms with Crippen LogP contribution in [0.1, 0.15) is 25.0 Å². The summed E-state index contributed by atoms with van der Waals surface area (Å²) in [4.78, 5) is 12.5. The molecule has 1 aliphatic rings. The largest absolute Gasteiger partial charge is 0.486 e. The second-order valence-electron chi connectivity index (χ2n) is 6.35. The van der Waals surface area contributed by atoms with Crippen LogP contribution in [-0.4, -0.2) is 25.8 Å². The van der Waals surface area contributed by atoms with Crippen molar-refractivity contribution in [1.82, 2.24) is 0 Å². The molecule has 0 unspecified atom stereocenters. The predicted molar refractivity (Wildman–Crippen MR) is 91.6 cm³/mol. The number of ether oxygens (including phenoxy) is 3. The van der Waals surface area contributed by atoms with E-state index in [4.69, 9.17) is 14.2 Å². The van der Waals surface area contributed by atoms with Crippen molar-refractivity contribution in [3.8, 4) is 11.5 Å². The third kappa shape index (κ3) is 3.53. The summed E-state index contributed by atoms with van der Waals surface area (Å²) in [5.74, 6) is 1.16.